The molecule has 2 saturated heterocycles. The topological polar surface area (TPSA) is 187 Å². The van der Waals surface area contributed by atoms with E-state index >= 15 is 0 Å². The molecule has 0 aromatic heterocycles. The Hall–Kier alpha value is -4.27. The summed E-state index contributed by atoms with van der Waals surface area (Å²) in [5.74, 6) is -3.18. The van der Waals surface area contributed by atoms with Gasteiger partial charge in [-0.05, 0) is 44.4 Å². The van der Waals surface area contributed by atoms with E-state index in [2.05, 4.69) is 27.8 Å². The van der Waals surface area contributed by atoms with E-state index < -0.39 is 82.2 Å². The number of ketones is 1. The van der Waals surface area contributed by atoms with Crippen LogP contribution in [-0.4, -0.2) is 112 Å². The number of likely N-dealkylation sites (N-methyl/N-ethyl adjacent to an activating group) is 1. The van der Waals surface area contributed by atoms with Gasteiger partial charge in [0.1, 0.15) is 23.5 Å². The van der Waals surface area contributed by atoms with E-state index in [0.29, 0.717) is 12.1 Å². The Bertz CT molecular complexity index is 1600. The number of hydrogen-bond acceptors (Lipinski definition) is 10. The van der Waals surface area contributed by atoms with Crippen molar-refractivity contribution < 1.29 is 28.7 Å². The number of Topliss-reactive ketones (excluding diaryl/α,β-unsaturated/α-hetero) is 1. The molecule has 288 valence electrons. The zero-order chi connectivity index (χ0) is 38.7. The third-order valence-corrected chi connectivity index (χ3v) is 10.6. The fourth-order valence-corrected chi connectivity index (χ4v) is 7.86. The standard InChI is InChI=1S/C37H57N7O8/c1-10-16-38-32(48)23(45)18-39-33(49)27-22-17-37(5,6)52-24(22)19-44(27)34(50)26(21-14-12-11-13-15-21)41-35(51)40-25(36(2,3)4)20-43(9)29-28(42(7)8)30(46)31(29)47/h10,21-22,24-27H,1,11-20H2,2-9H3,(H,38,48)(H,39,49)(H2,40,41,51)/t22-,24-,25+,26-,27-/m0/s1. The van der Waals surface area contributed by atoms with Crippen LogP contribution in [0.5, 0.6) is 0 Å². The fourth-order valence-electron chi connectivity index (χ4n) is 7.86. The second-order valence-electron chi connectivity index (χ2n) is 16.4. The summed E-state index contributed by atoms with van der Waals surface area (Å²) in [5.41, 5.74) is -1.53. The van der Waals surface area contributed by atoms with Crippen molar-refractivity contribution in [3.63, 3.8) is 0 Å². The van der Waals surface area contributed by atoms with Gasteiger partial charge in [-0.3, -0.25) is 28.8 Å². The summed E-state index contributed by atoms with van der Waals surface area (Å²) < 4.78 is 6.27. The van der Waals surface area contributed by atoms with Crippen molar-refractivity contribution in [1.82, 2.24) is 26.2 Å². The Morgan fingerprint density at radius 2 is 1.62 bits per heavy atom. The van der Waals surface area contributed by atoms with Gasteiger partial charge in [-0.1, -0.05) is 46.1 Å². The third-order valence-electron chi connectivity index (χ3n) is 10.6. The molecule has 1 aliphatic carbocycles. The number of anilines is 2. The first kappa shape index (κ1) is 40.5. The molecule has 0 bridgehead atoms. The molecule has 3 aliphatic rings. The molecular weight excluding hydrogens is 670 g/mol. The van der Waals surface area contributed by atoms with Crippen molar-refractivity contribution in [2.24, 2.45) is 17.3 Å². The van der Waals surface area contributed by atoms with Gasteiger partial charge in [0, 0.05) is 46.7 Å². The van der Waals surface area contributed by atoms with E-state index in [1.165, 1.54) is 11.0 Å². The molecule has 0 spiro atoms. The molecule has 1 saturated carbocycles. The van der Waals surface area contributed by atoms with Gasteiger partial charge in [0.25, 0.3) is 16.8 Å². The summed E-state index contributed by atoms with van der Waals surface area (Å²) in [4.78, 5) is 96.4. The van der Waals surface area contributed by atoms with E-state index in [4.69, 9.17) is 4.74 Å². The van der Waals surface area contributed by atoms with Crippen LogP contribution in [0.4, 0.5) is 16.2 Å². The first-order valence-corrected chi connectivity index (χ1v) is 18.2. The molecule has 0 unspecified atom stereocenters. The molecular formula is C37H57N7O8. The van der Waals surface area contributed by atoms with Crippen LogP contribution in [-0.2, 0) is 23.9 Å². The smallest absolute Gasteiger partial charge is 0.315 e. The highest BCUT2D eigenvalue weighted by molar-refractivity contribution is 6.37. The first-order valence-electron chi connectivity index (χ1n) is 18.2. The van der Waals surface area contributed by atoms with E-state index in [0.717, 1.165) is 32.1 Å². The maximum absolute atomic E-state index is 14.6. The number of ether oxygens (including phenoxy) is 1. The number of fused-ring (bicyclic) bond motifs is 1. The number of carbonyl (C=O) groups excluding carboxylic acids is 5. The molecule has 15 nitrogen and oxygen atoms in total. The lowest BCUT2D eigenvalue weighted by Crippen LogP contribution is -2.61. The second kappa shape index (κ2) is 16.2. The van der Waals surface area contributed by atoms with Gasteiger partial charge in [0.2, 0.25) is 17.6 Å². The molecule has 2 heterocycles. The Kier molecular flexibility index (Phi) is 12.6. The summed E-state index contributed by atoms with van der Waals surface area (Å²) in [6.45, 7) is 13.1. The molecule has 3 fully saturated rings. The van der Waals surface area contributed by atoms with Crippen LogP contribution in [0.3, 0.4) is 0 Å². The van der Waals surface area contributed by atoms with Gasteiger partial charge in [-0.15, -0.1) is 6.58 Å². The molecule has 2 aliphatic heterocycles. The van der Waals surface area contributed by atoms with Crippen LogP contribution in [0.15, 0.2) is 22.2 Å². The number of rotatable bonds is 14. The first-order chi connectivity index (χ1) is 24.3. The fraction of sp³-hybridized carbons (Fsp3) is 0.703. The van der Waals surface area contributed by atoms with Crippen LogP contribution in [0.25, 0.3) is 0 Å². The van der Waals surface area contributed by atoms with Gasteiger partial charge in [-0.2, -0.15) is 0 Å². The minimum Gasteiger partial charge on any atom is -0.373 e. The van der Waals surface area contributed by atoms with E-state index in [1.54, 1.807) is 30.9 Å². The lowest BCUT2D eigenvalue weighted by atomic mass is 9.83. The predicted molar refractivity (Wildman–Crippen MR) is 198 cm³/mol. The second-order valence-corrected chi connectivity index (χ2v) is 16.4. The number of carbonyl (C=O) groups is 5. The molecule has 4 rings (SSSR count). The SMILES string of the molecule is C=CCNC(=O)C(=O)CNC(=O)[C@@H]1[C@H]2CC(C)(C)O[C@H]2CN1C(=O)[C@@H](NC(=O)N[C@H](CN(C)c1c(N(C)C)c(=O)c1=O)C(C)(C)C)C1CCCCC1. The van der Waals surface area contributed by atoms with Crippen molar-refractivity contribution in [2.45, 2.75) is 103 Å². The number of hydrogen-bond donors (Lipinski definition) is 4. The number of nitrogens with one attached hydrogen (secondary N) is 4. The van der Waals surface area contributed by atoms with Crippen LogP contribution in [0.2, 0.25) is 0 Å². The Morgan fingerprint density at radius 1 is 0.981 bits per heavy atom. The van der Waals surface area contributed by atoms with Crippen molar-refractivity contribution in [3.8, 4) is 0 Å². The Morgan fingerprint density at radius 3 is 2.21 bits per heavy atom. The minimum atomic E-state index is -0.975. The monoisotopic (exact) mass is 727 g/mol. The average molecular weight is 728 g/mol. The van der Waals surface area contributed by atoms with Gasteiger partial charge < -0.3 is 40.7 Å². The Labute approximate surface area is 305 Å². The molecule has 5 atom stereocenters. The van der Waals surface area contributed by atoms with Gasteiger partial charge in [-0.25, -0.2) is 4.79 Å². The normalized spacial score (nSPS) is 22.5. The lowest BCUT2D eigenvalue weighted by molar-refractivity contribution is -0.143. The molecule has 15 heteroatoms. The van der Waals surface area contributed by atoms with Crippen LogP contribution in [0, 0.1) is 17.3 Å². The number of nitrogens with zero attached hydrogens (tertiary/aromatic N) is 3. The quantitative estimate of drug-likeness (QED) is 0.158. The van der Waals surface area contributed by atoms with E-state index in [9.17, 15) is 33.6 Å². The molecule has 0 radical (unpaired) electrons. The molecule has 1 aromatic rings. The summed E-state index contributed by atoms with van der Waals surface area (Å²) in [6.07, 6.45) is 5.75. The molecule has 4 N–H and O–H groups in total. The number of likely N-dealkylation sites (tertiary alicyclic amines) is 1. The summed E-state index contributed by atoms with van der Waals surface area (Å²) in [6, 6.07) is -2.98. The van der Waals surface area contributed by atoms with Crippen molar-refractivity contribution in [3.05, 3.63) is 33.1 Å². The average Bonchev–Trinajstić information content (AvgIpc) is 3.57. The highest BCUT2D eigenvalue weighted by Crippen LogP contribution is 2.43. The summed E-state index contributed by atoms with van der Waals surface area (Å²) in [7, 11) is 5.10. The van der Waals surface area contributed by atoms with E-state index in [1.807, 2.05) is 34.6 Å². The highest BCUT2D eigenvalue weighted by atomic mass is 16.5. The molecule has 52 heavy (non-hydrogen) atoms. The summed E-state index contributed by atoms with van der Waals surface area (Å²) in [5, 5.41) is 11.0. The van der Waals surface area contributed by atoms with Crippen LogP contribution < -0.4 is 41.9 Å². The zero-order valence-corrected chi connectivity index (χ0v) is 31.9. The van der Waals surface area contributed by atoms with Crippen molar-refractivity contribution >= 4 is 40.9 Å². The van der Waals surface area contributed by atoms with Crippen molar-refractivity contribution in [1.29, 1.82) is 0 Å². The third kappa shape index (κ3) is 9.02. The number of urea groups is 1. The summed E-state index contributed by atoms with van der Waals surface area (Å²) >= 11 is 0. The highest BCUT2D eigenvalue weighted by Gasteiger charge is 2.56. The van der Waals surface area contributed by atoms with Crippen LogP contribution in [0.1, 0.15) is 73.1 Å². The largest absolute Gasteiger partial charge is 0.373 e. The Balaban J connectivity index is 1.55. The predicted octanol–water partition coefficient (Wildman–Crippen LogP) is 0.830. The zero-order valence-electron chi connectivity index (χ0n) is 31.9. The van der Waals surface area contributed by atoms with E-state index in [-0.39, 0.29) is 37.2 Å². The van der Waals surface area contributed by atoms with Gasteiger partial charge >= 0.3 is 6.03 Å². The van der Waals surface area contributed by atoms with Gasteiger partial charge in [0.05, 0.1) is 24.3 Å². The number of amides is 5. The maximum Gasteiger partial charge on any atom is 0.315 e. The van der Waals surface area contributed by atoms with Crippen molar-refractivity contribution in [2.75, 3.05) is 57.1 Å². The molecule has 5 amide bonds. The van der Waals surface area contributed by atoms with Gasteiger partial charge in [0.15, 0.2) is 0 Å². The lowest BCUT2D eigenvalue weighted by Gasteiger charge is -2.38. The maximum atomic E-state index is 14.6. The minimum absolute atomic E-state index is 0.103. The van der Waals surface area contributed by atoms with Crippen LogP contribution >= 0.6 is 0 Å². The molecule has 1 aromatic carbocycles.